The van der Waals surface area contributed by atoms with Crippen LogP contribution in [-0.4, -0.2) is 48.5 Å². The lowest BCUT2D eigenvalue weighted by Gasteiger charge is -2.20. The van der Waals surface area contributed by atoms with E-state index >= 15 is 0 Å². The molecule has 0 spiro atoms. The van der Waals surface area contributed by atoms with Crippen LogP contribution >= 0.6 is 0 Å². The lowest BCUT2D eigenvalue weighted by molar-refractivity contribution is -0.524. The van der Waals surface area contributed by atoms with E-state index in [1.807, 2.05) is 0 Å². The number of nitro groups is 1. The molecule has 0 aliphatic rings. The van der Waals surface area contributed by atoms with E-state index in [1.165, 1.54) is 0 Å². The van der Waals surface area contributed by atoms with E-state index in [2.05, 4.69) is 5.32 Å². The van der Waals surface area contributed by atoms with Crippen molar-refractivity contribution in [3.8, 4) is 0 Å². The number of Topliss-reactive ketones (excluding diaryl/α,β-unsaturated/α-hetero) is 1. The molecule has 8 nitrogen and oxygen atoms in total. The Bertz CT molecular complexity index is 535. The van der Waals surface area contributed by atoms with Gasteiger partial charge in [0.15, 0.2) is 5.78 Å². The zero-order chi connectivity index (χ0) is 17.2. The summed E-state index contributed by atoms with van der Waals surface area (Å²) in [6.45, 7) is 1.62. The summed E-state index contributed by atoms with van der Waals surface area (Å²) >= 11 is 0. The van der Waals surface area contributed by atoms with Crippen LogP contribution in [0.1, 0.15) is 23.7 Å². The SMILES string of the molecule is CCOC(=O)CNC(C(=O)c1ccccc1)C(CCN)[N+](=O)[O-]. The van der Waals surface area contributed by atoms with Crippen LogP contribution in [0.5, 0.6) is 0 Å². The van der Waals surface area contributed by atoms with Crippen molar-refractivity contribution in [1.82, 2.24) is 5.32 Å². The number of hydrogen-bond donors (Lipinski definition) is 2. The maximum atomic E-state index is 12.6. The molecule has 1 aromatic rings. The Kier molecular flexibility index (Phi) is 7.86. The van der Waals surface area contributed by atoms with Gasteiger partial charge in [-0.25, -0.2) is 0 Å². The van der Waals surface area contributed by atoms with Crippen LogP contribution < -0.4 is 11.1 Å². The van der Waals surface area contributed by atoms with Crippen molar-refractivity contribution < 1.29 is 19.2 Å². The summed E-state index contributed by atoms with van der Waals surface area (Å²) in [6.07, 6.45) is 0.0199. The minimum atomic E-state index is -1.22. The van der Waals surface area contributed by atoms with Crippen molar-refractivity contribution in [2.75, 3.05) is 19.7 Å². The third kappa shape index (κ3) is 5.76. The maximum Gasteiger partial charge on any atom is 0.319 e. The van der Waals surface area contributed by atoms with E-state index in [1.54, 1.807) is 37.3 Å². The monoisotopic (exact) mass is 323 g/mol. The highest BCUT2D eigenvalue weighted by atomic mass is 16.6. The first-order chi connectivity index (χ1) is 11.0. The van der Waals surface area contributed by atoms with E-state index < -0.39 is 28.8 Å². The third-order valence-corrected chi connectivity index (χ3v) is 3.23. The zero-order valence-corrected chi connectivity index (χ0v) is 12.9. The van der Waals surface area contributed by atoms with Gasteiger partial charge in [0.05, 0.1) is 13.2 Å². The molecule has 0 radical (unpaired) electrons. The molecule has 2 unspecified atom stereocenters. The lowest BCUT2D eigenvalue weighted by atomic mass is 9.96. The highest BCUT2D eigenvalue weighted by Crippen LogP contribution is 2.11. The first-order valence-electron chi connectivity index (χ1n) is 7.33. The van der Waals surface area contributed by atoms with Gasteiger partial charge in [0, 0.05) is 16.9 Å². The quantitative estimate of drug-likeness (QED) is 0.276. The Balaban J connectivity index is 2.97. The Morgan fingerprint density at radius 2 is 2.00 bits per heavy atom. The average Bonchev–Trinajstić information content (AvgIpc) is 2.54. The topological polar surface area (TPSA) is 125 Å². The number of rotatable bonds is 10. The molecule has 0 fully saturated rings. The number of ketones is 1. The summed E-state index contributed by atoms with van der Waals surface area (Å²) < 4.78 is 4.77. The van der Waals surface area contributed by atoms with E-state index in [4.69, 9.17) is 10.5 Å². The van der Waals surface area contributed by atoms with Gasteiger partial charge in [-0.2, -0.15) is 0 Å². The molecule has 0 aromatic heterocycles. The van der Waals surface area contributed by atoms with Crippen LogP contribution in [0.4, 0.5) is 0 Å². The second kappa shape index (κ2) is 9.65. The fourth-order valence-electron chi connectivity index (χ4n) is 2.16. The van der Waals surface area contributed by atoms with Crippen LogP contribution in [0.25, 0.3) is 0 Å². The number of esters is 1. The van der Waals surface area contributed by atoms with Gasteiger partial charge in [-0.3, -0.25) is 25.0 Å². The molecule has 2 atom stereocenters. The summed E-state index contributed by atoms with van der Waals surface area (Å²) in [7, 11) is 0. The van der Waals surface area contributed by atoms with Crippen molar-refractivity contribution in [2.24, 2.45) is 5.73 Å². The number of nitrogens with two attached hydrogens (primary N) is 1. The molecule has 0 amide bonds. The van der Waals surface area contributed by atoms with Gasteiger partial charge in [0.25, 0.3) is 0 Å². The van der Waals surface area contributed by atoms with Crippen LogP contribution in [-0.2, 0) is 9.53 Å². The molecule has 8 heteroatoms. The Labute approximate surface area is 134 Å². The second-order valence-corrected chi connectivity index (χ2v) is 4.82. The number of nitrogens with one attached hydrogen (secondary N) is 1. The predicted octanol–water partition coefficient (Wildman–Crippen LogP) is 0.385. The van der Waals surface area contributed by atoms with Crippen LogP contribution in [0, 0.1) is 10.1 Å². The molecule has 0 saturated carbocycles. The van der Waals surface area contributed by atoms with Crippen LogP contribution in [0.15, 0.2) is 30.3 Å². The van der Waals surface area contributed by atoms with Gasteiger partial charge in [-0.05, 0) is 13.5 Å². The number of benzene rings is 1. The van der Waals surface area contributed by atoms with Crippen molar-refractivity contribution in [3.05, 3.63) is 46.0 Å². The minimum Gasteiger partial charge on any atom is -0.465 e. The second-order valence-electron chi connectivity index (χ2n) is 4.82. The van der Waals surface area contributed by atoms with Crippen LogP contribution in [0.2, 0.25) is 0 Å². The van der Waals surface area contributed by atoms with Crippen molar-refractivity contribution in [2.45, 2.75) is 25.4 Å². The third-order valence-electron chi connectivity index (χ3n) is 3.23. The van der Waals surface area contributed by atoms with Gasteiger partial charge in [0.2, 0.25) is 6.04 Å². The van der Waals surface area contributed by atoms with Gasteiger partial charge in [-0.15, -0.1) is 0 Å². The Morgan fingerprint density at radius 1 is 1.35 bits per heavy atom. The predicted molar refractivity (Wildman–Crippen MR) is 83.7 cm³/mol. The largest absolute Gasteiger partial charge is 0.465 e. The molecule has 23 heavy (non-hydrogen) atoms. The number of carbonyl (C=O) groups is 2. The van der Waals surface area contributed by atoms with Gasteiger partial charge >= 0.3 is 5.97 Å². The van der Waals surface area contributed by atoms with E-state index in [0.29, 0.717) is 5.56 Å². The summed E-state index contributed by atoms with van der Waals surface area (Å²) in [5.74, 6) is -1.03. The highest BCUT2D eigenvalue weighted by molar-refractivity contribution is 6.00. The van der Waals surface area contributed by atoms with E-state index in [9.17, 15) is 19.7 Å². The fraction of sp³-hybridized carbons (Fsp3) is 0.467. The summed E-state index contributed by atoms with van der Waals surface area (Å²) in [4.78, 5) is 34.8. The van der Waals surface area contributed by atoms with Gasteiger partial charge < -0.3 is 10.5 Å². The number of nitrogens with zero attached hydrogens (tertiary/aromatic N) is 1. The van der Waals surface area contributed by atoms with E-state index in [0.717, 1.165) is 0 Å². The molecule has 0 heterocycles. The zero-order valence-electron chi connectivity index (χ0n) is 12.9. The minimum absolute atomic E-state index is 0.0199. The van der Waals surface area contributed by atoms with Gasteiger partial charge in [-0.1, -0.05) is 30.3 Å². The van der Waals surface area contributed by atoms with E-state index in [-0.39, 0.29) is 26.1 Å². The molecule has 126 valence electrons. The first-order valence-corrected chi connectivity index (χ1v) is 7.33. The van der Waals surface area contributed by atoms with Crippen molar-refractivity contribution in [3.63, 3.8) is 0 Å². The van der Waals surface area contributed by atoms with Crippen LogP contribution in [0.3, 0.4) is 0 Å². The smallest absolute Gasteiger partial charge is 0.319 e. The molecule has 0 aliphatic heterocycles. The number of carbonyl (C=O) groups excluding carboxylic acids is 2. The standard InChI is InChI=1S/C15H21N3O5/c1-2-23-13(19)10-17-14(12(8-9-16)18(21)22)15(20)11-6-4-3-5-7-11/h3-7,12,14,17H,2,8-10,16H2,1H3. The highest BCUT2D eigenvalue weighted by Gasteiger charge is 2.37. The molecule has 0 saturated heterocycles. The maximum absolute atomic E-state index is 12.6. The molecule has 3 N–H and O–H groups in total. The molecular weight excluding hydrogens is 302 g/mol. The summed E-state index contributed by atoms with van der Waals surface area (Å²) in [5.41, 5.74) is 5.74. The molecule has 1 rings (SSSR count). The van der Waals surface area contributed by atoms with Crippen molar-refractivity contribution in [1.29, 1.82) is 0 Å². The summed E-state index contributed by atoms with van der Waals surface area (Å²) in [5, 5.41) is 13.9. The van der Waals surface area contributed by atoms with Crippen molar-refractivity contribution >= 4 is 11.8 Å². The summed E-state index contributed by atoms with van der Waals surface area (Å²) in [6, 6.07) is 5.84. The number of ether oxygens (including phenoxy) is 1. The Morgan fingerprint density at radius 3 is 2.52 bits per heavy atom. The van der Waals surface area contributed by atoms with Gasteiger partial charge in [0.1, 0.15) is 6.04 Å². The average molecular weight is 323 g/mol. The normalized spacial score (nSPS) is 13.1. The molecule has 1 aromatic carbocycles. The fourth-order valence-corrected chi connectivity index (χ4v) is 2.16. The number of hydrogen-bond acceptors (Lipinski definition) is 7. The molecular formula is C15H21N3O5. The molecule has 0 aliphatic carbocycles. The lowest BCUT2D eigenvalue weighted by Crippen LogP contribution is -2.51. The Hall–Kier alpha value is -2.32. The first kappa shape index (κ1) is 18.7. The molecule has 0 bridgehead atoms.